The Bertz CT molecular complexity index is 389. The van der Waals surface area contributed by atoms with Gasteiger partial charge in [-0.05, 0) is 11.6 Å². The summed E-state index contributed by atoms with van der Waals surface area (Å²) in [6.07, 6.45) is 2.80. The van der Waals surface area contributed by atoms with E-state index in [9.17, 15) is 4.79 Å². The van der Waals surface area contributed by atoms with Crippen molar-refractivity contribution in [1.29, 1.82) is 0 Å². The van der Waals surface area contributed by atoms with Crippen molar-refractivity contribution in [3.63, 3.8) is 0 Å². The van der Waals surface area contributed by atoms with Crippen molar-refractivity contribution < 1.29 is 9.90 Å². The molecular formula is C12H16O2Si. The van der Waals surface area contributed by atoms with Crippen molar-refractivity contribution in [2.75, 3.05) is 0 Å². The van der Waals surface area contributed by atoms with E-state index >= 15 is 0 Å². The van der Waals surface area contributed by atoms with Gasteiger partial charge < -0.3 is 5.11 Å². The fraction of sp³-hybridized carbons (Fsp3) is 0.250. The molecule has 2 nitrogen and oxygen atoms in total. The summed E-state index contributed by atoms with van der Waals surface area (Å²) in [5.74, 6) is -0.909. The number of hydrogen-bond acceptors (Lipinski definition) is 1. The highest BCUT2D eigenvalue weighted by molar-refractivity contribution is 6.88. The minimum atomic E-state index is -1.30. The van der Waals surface area contributed by atoms with E-state index in [1.165, 1.54) is 11.3 Å². The molecular weight excluding hydrogens is 204 g/mol. The summed E-state index contributed by atoms with van der Waals surface area (Å²) in [7, 11) is -1.30. The zero-order valence-corrected chi connectivity index (χ0v) is 10.3. The monoisotopic (exact) mass is 220 g/mol. The van der Waals surface area contributed by atoms with Crippen molar-refractivity contribution in [2.24, 2.45) is 0 Å². The third-order valence-electron chi connectivity index (χ3n) is 2.17. The fourth-order valence-corrected chi connectivity index (χ4v) is 2.47. The number of carboxylic acid groups (broad SMARTS) is 1. The van der Waals surface area contributed by atoms with Gasteiger partial charge in [-0.1, -0.05) is 49.1 Å². The van der Waals surface area contributed by atoms with Crippen LogP contribution in [0.15, 0.2) is 30.3 Å². The van der Waals surface area contributed by atoms with E-state index in [4.69, 9.17) is 5.11 Å². The maximum atomic E-state index is 10.4. The maximum Gasteiger partial charge on any atom is 0.328 e. The van der Waals surface area contributed by atoms with Gasteiger partial charge in [0, 0.05) is 6.08 Å². The highest BCUT2D eigenvalue weighted by Gasteiger charge is 2.15. The molecule has 3 heteroatoms. The SMILES string of the molecule is C[Si](C)(C)c1cccc(C=CC(=O)O)c1. The van der Waals surface area contributed by atoms with Gasteiger partial charge in [-0.15, -0.1) is 0 Å². The predicted molar refractivity (Wildman–Crippen MR) is 66.1 cm³/mol. The molecule has 0 aliphatic carbocycles. The molecule has 1 N–H and O–H groups in total. The summed E-state index contributed by atoms with van der Waals surface area (Å²) in [4.78, 5) is 10.4. The van der Waals surface area contributed by atoms with Crippen molar-refractivity contribution in [1.82, 2.24) is 0 Å². The summed E-state index contributed by atoms with van der Waals surface area (Å²) >= 11 is 0. The lowest BCUT2D eigenvalue weighted by molar-refractivity contribution is -0.131. The van der Waals surface area contributed by atoms with Crippen LogP contribution in [0.1, 0.15) is 5.56 Å². The van der Waals surface area contributed by atoms with Crippen LogP contribution < -0.4 is 5.19 Å². The molecule has 1 rings (SSSR count). The molecule has 1 aromatic carbocycles. The van der Waals surface area contributed by atoms with E-state index in [0.29, 0.717) is 0 Å². The first-order valence-electron chi connectivity index (χ1n) is 4.91. The van der Waals surface area contributed by atoms with Gasteiger partial charge in [-0.2, -0.15) is 0 Å². The smallest absolute Gasteiger partial charge is 0.328 e. The largest absolute Gasteiger partial charge is 0.478 e. The average Bonchev–Trinajstić information content (AvgIpc) is 2.14. The Morgan fingerprint density at radius 3 is 2.53 bits per heavy atom. The van der Waals surface area contributed by atoms with Gasteiger partial charge in [0.15, 0.2) is 0 Å². The molecule has 0 radical (unpaired) electrons. The Morgan fingerprint density at radius 2 is 2.00 bits per heavy atom. The first-order chi connectivity index (χ1) is 6.89. The van der Waals surface area contributed by atoms with Crippen LogP contribution in [-0.4, -0.2) is 19.1 Å². The average molecular weight is 220 g/mol. The van der Waals surface area contributed by atoms with Crippen LogP contribution in [0.4, 0.5) is 0 Å². The van der Waals surface area contributed by atoms with Gasteiger partial charge in [0.05, 0.1) is 8.07 Å². The summed E-state index contributed by atoms with van der Waals surface area (Å²) in [6.45, 7) is 6.81. The lowest BCUT2D eigenvalue weighted by atomic mass is 10.2. The summed E-state index contributed by atoms with van der Waals surface area (Å²) < 4.78 is 0. The van der Waals surface area contributed by atoms with E-state index in [-0.39, 0.29) is 0 Å². The van der Waals surface area contributed by atoms with Crippen LogP contribution in [0.3, 0.4) is 0 Å². The lowest BCUT2D eigenvalue weighted by Crippen LogP contribution is -2.37. The number of aliphatic carboxylic acids is 1. The minimum Gasteiger partial charge on any atom is -0.478 e. The van der Waals surface area contributed by atoms with Gasteiger partial charge in [0.1, 0.15) is 0 Å². The Hall–Kier alpha value is -1.35. The van der Waals surface area contributed by atoms with Crippen LogP contribution >= 0.6 is 0 Å². The van der Waals surface area contributed by atoms with Crippen LogP contribution in [-0.2, 0) is 4.79 Å². The third kappa shape index (κ3) is 3.71. The number of hydrogen-bond donors (Lipinski definition) is 1. The molecule has 0 amide bonds. The standard InChI is InChI=1S/C12H16O2Si/c1-15(2,3)11-6-4-5-10(9-11)7-8-12(13)14/h4-9H,1-3H3,(H,13,14). The van der Waals surface area contributed by atoms with Crippen molar-refractivity contribution in [3.8, 4) is 0 Å². The zero-order valence-electron chi connectivity index (χ0n) is 9.32. The van der Waals surface area contributed by atoms with Gasteiger partial charge in [0.25, 0.3) is 0 Å². The molecule has 0 bridgehead atoms. The molecule has 0 fully saturated rings. The van der Waals surface area contributed by atoms with Gasteiger partial charge in [-0.3, -0.25) is 0 Å². The van der Waals surface area contributed by atoms with E-state index in [1.807, 2.05) is 12.1 Å². The van der Waals surface area contributed by atoms with Gasteiger partial charge in [0.2, 0.25) is 0 Å². The number of carboxylic acids is 1. The number of benzene rings is 1. The molecule has 0 spiro atoms. The first-order valence-corrected chi connectivity index (χ1v) is 8.41. The summed E-state index contributed by atoms with van der Waals surface area (Å²) in [5.41, 5.74) is 0.956. The van der Waals surface area contributed by atoms with Gasteiger partial charge in [-0.25, -0.2) is 4.79 Å². The lowest BCUT2D eigenvalue weighted by Gasteiger charge is -2.16. The molecule has 0 aromatic heterocycles. The number of carbonyl (C=O) groups is 1. The molecule has 0 aliphatic rings. The van der Waals surface area contributed by atoms with Crippen LogP contribution in [0.25, 0.3) is 6.08 Å². The Kier molecular flexibility index (Phi) is 3.47. The summed E-state index contributed by atoms with van der Waals surface area (Å²) in [5, 5.41) is 9.87. The van der Waals surface area contributed by atoms with Crippen molar-refractivity contribution in [2.45, 2.75) is 19.6 Å². The van der Waals surface area contributed by atoms with Crippen molar-refractivity contribution >= 4 is 25.3 Å². The molecule has 0 saturated heterocycles. The Morgan fingerprint density at radius 1 is 1.33 bits per heavy atom. The second kappa shape index (κ2) is 4.44. The first kappa shape index (κ1) is 11.7. The fourth-order valence-electron chi connectivity index (χ4n) is 1.28. The second-order valence-electron chi connectivity index (χ2n) is 4.55. The van der Waals surface area contributed by atoms with Crippen molar-refractivity contribution in [3.05, 3.63) is 35.9 Å². The maximum absolute atomic E-state index is 10.4. The van der Waals surface area contributed by atoms with E-state index in [1.54, 1.807) is 6.08 Å². The molecule has 0 saturated carbocycles. The molecule has 1 aromatic rings. The van der Waals surface area contributed by atoms with Crippen LogP contribution in [0.5, 0.6) is 0 Å². The Balaban J connectivity index is 2.98. The molecule has 0 unspecified atom stereocenters. The molecule has 15 heavy (non-hydrogen) atoms. The minimum absolute atomic E-state index is 0.909. The number of rotatable bonds is 3. The third-order valence-corrected chi connectivity index (χ3v) is 4.21. The van der Waals surface area contributed by atoms with Crippen LogP contribution in [0.2, 0.25) is 19.6 Å². The van der Waals surface area contributed by atoms with Gasteiger partial charge >= 0.3 is 5.97 Å². The summed E-state index contributed by atoms with van der Waals surface area (Å²) in [6, 6.07) is 8.09. The molecule has 0 heterocycles. The molecule has 0 aliphatic heterocycles. The zero-order chi connectivity index (χ0) is 11.5. The normalized spacial score (nSPS) is 11.9. The topological polar surface area (TPSA) is 37.3 Å². The molecule has 0 atom stereocenters. The highest BCUT2D eigenvalue weighted by atomic mass is 28.3. The molecule has 80 valence electrons. The van der Waals surface area contributed by atoms with E-state index in [2.05, 4.69) is 31.8 Å². The highest BCUT2D eigenvalue weighted by Crippen LogP contribution is 2.06. The van der Waals surface area contributed by atoms with E-state index < -0.39 is 14.0 Å². The second-order valence-corrected chi connectivity index (χ2v) is 9.62. The quantitative estimate of drug-likeness (QED) is 0.627. The van der Waals surface area contributed by atoms with Crippen LogP contribution in [0, 0.1) is 0 Å². The van der Waals surface area contributed by atoms with E-state index in [0.717, 1.165) is 5.56 Å². The predicted octanol–water partition coefficient (Wildman–Crippen LogP) is 2.33. The Labute approximate surface area is 91.3 Å².